The fraction of sp³-hybridized carbons (Fsp3) is 0.529. The lowest BCUT2D eigenvalue weighted by atomic mass is 10.00. The molecule has 128 valence electrons. The Morgan fingerprint density at radius 2 is 1.87 bits per heavy atom. The van der Waals surface area contributed by atoms with Crippen molar-refractivity contribution in [3.63, 3.8) is 0 Å². The van der Waals surface area contributed by atoms with Crippen molar-refractivity contribution in [2.24, 2.45) is 0 Å². The summed E-state index contributed by atoms with van der Waals surface area (Å²) in [7, 11) is 0. The number of benzene rings is 1. The van der Waals surface area contributed by atoms with Gasteiger partial charge < -0.3 is 15.2 Å². The lowest BCUT2D eigenvalue weighted by Crippen LogP contribution is -2.45. The Labute approximate surface area is 137 Å². The molecule has 2 atom stereocenters. The van der Waals surface area contributed by atoms with Crippen LogP contribution >= 0.6 is 0 Å². The summed E-state index contributed by atoms with van der Waals surface area (Å²) in [6.07, 6.45) is -1.26. The molecule has 0 aliphatic heterocycles. The van der Waals surface area contributed by atoms with Gasteiger partial charge in [0.2, 0.25) is 12.3 Å². The second-order valence-corrected chi connectivity index (χ2v) is 6.51. The van der Waals surface area contributed by atoms with Crippen LogP contribution in [-0.2, 0) is 9.53 Å². The average molecular weight is 322 g/mol. The van der Waals surface area contributed by atoms with Crippen LogP contribution in [-0.4, -0.2) is 34.9 Å². The minimum Gasteiger partial charge on any atom is -0.356 e. The van der Waals surface area contributed by atoms with E-state index in [1.54, 1.807) is 39.8 Å². The van der Waals surface area contributed by atoms with E-state index in [2.05, 4.69) is 10.6 Å². The van der Waals surface area contributed by atoms with Crippen LogP contribution < -0.4 is 10.6 Å². The maximum Gasteiger partial charge on any atom is 0.221 e. The molecule has 3 N–H and O–H groups in total. The van der Waals surface area contributed by atoms with Crippen molar-refractivity contribution in [3.05, 3.63) is 29.3 Å². The molecule has 1 aromatic carbocycles. The Hall–Kier alpha value is -1.76. The summed E-state index contributed by atoms with van der Waals surface area (Å²) >= 11 is 0. The van der Waals surface area contributed by atoms with Gasteiger partial charge in [-0.2, -0.15) is 0 Å². The molecule has 0 aromatic heterocycles. The van der Waals surface area contributed by atoms with Crippen LogP contribution in [0, 0.1) is 6.92 Å². The summed E-state index contributed by atoms with van der Waals surface area (Å²) in [6.45, 7) is 10.3. The summed E-state index contributed by atoms with van der Waals surface area (Å²) in [5.41, 5.74) is 1.14. The molecule has 0 heterocycles. The van der Waals surface area contributed by atoms with Crippen molar-refractivity contribution in [1.29, 1.82) is 0 Å². The Kier molecular flexibility index (Phi) is 6.44. The number of rotatable bonds is 6. The second kappa shape index (κ2) is 7.68. The van der Waals surface area contributed by atoms with Crippen LogP contribution in [0.5, 0.6) is 0 Å². The molecule has 6 nitrogen and oxygen atoms in total. The number of aliphatic hydroxyl groups excluding tert-OH is 1. The largest absolute Gasteiger partial charge is 0.356 e. The molecule has 1 amide bonds. The molecule has 0 bridgehead atoms. The van der Waals surface area contributed by atoms with E-state index in [0.29, 0.717) is 11.3 Å². The molecule has 1 aromatic rings. The number of hydrogen-bond donors (Lipinski definition) is 3. The number of carbonyl (C=O) groups is 2. The number of hydrogen-bond acceptors (Lipinski definition) is 5. The fourth-order valence-electron chi connectivity index (χ4n) is 2.11. The molecule has 2 unspecified atom stereocenters. The highest BCUT2D eigenvalue weighted by atomic mass is 16.6. The average Bonchev–Trinajstić information content (AvgIpc) is 2.37. The van der Waals surface area contributed by atoms with Gasteiger partial charge in [-0.3, -0.25) is 14.9 Å². The molecule has 0 fully saturated rings. The molecular weight excluding hydrogens is 296 g/mol. The van der Waals surface area contributed by atoms with Crippen LogP contribution in [0.3, 0.4) is 0 Å². The first kappa shape index (κ1) is 19.3. The highest BCUT2D eigenvalue weighted by molar-refractivity contribution is 6.07. The summed E-state index contributed by atoms with van der Waals surface area (Å²) in [5.74, 6) is -0.487. The molecule has 0 aliphatic carbocycles. The zero-order chi connectivity index (χ0) is 17.8. The van der Waals surface area contributed by atoms with Gasteiger partial charge in [0.05, 0.1) is 17.3 Å². The molecule has 6 heteroatoms. The van der Waals surface area contributed by atoms with Gasteiger partial charge >= 0.3 is 0 Å². The monoisotopic (exact) mass is 322 g/mol. The number of aryl methyl sites for hydroxylation is 1. The summed E-state index contributed by atoms with van der Waals surface area (Å²) in [6, 6.07) is 4.54. The molecule has 0 saturated carbocycles. The first-order chi connectivity index (χ1) is 10.5. The third-order valence-corrected chi connectivity index (χ3v) is 3.09. The Balaban J connectivity index is 2.92. The zero-order valence-corrected chi connectivity index (χ0v) is 14.6. The van der Waals surface area contributed by atoms with Crippen molar-refractivity contribution in [3.8, 4) is 0 Å². The predicted molar refractivity (Wildman–Crippen MR) is 89.3 cm³/mol. The van der Waals surface area contributed by atoms with Gasteiger partial charge in [-0.1, -0.05) is 12.1 Å². The van der Waals surface area contributed by atoms with Gasteiger partial charge in [0.25, 0.3) is 0 Å². The Morgan fingerprint density at radius 1 is 1.26 bits per heavy atom. The standard InChI is InChI=1S/C17H26N2O4/c1-10-8-7-9-13(14(10)19-12(3)20)15(21)11(2)18-16(22)23-17(4,5)6/h7-9,11,16,18,22H,1-6H3,(H,19,20). The van der Waals surface area contributed by atoms with Gasteiger partial charge in [0, 0.05) is 12.5 Å². The zero-order valence-electron chi connectivity index (χ0n) is 14.6. The predicted octanol–water partition coefficient (Wildman–Crippen LogP) is 2.21. The number of para-hydroxylation sites is 1. The van der Waals surface area contributed by atoms with Crippen LogP contribution in [0.1, 0.15) is 50.5 Å². The van der Waals surface area contributed by atoms with Gasteiger partial charge in [-0.15, -0.1) is 0 Å². The van der Waals surface area contributed by atoms with E-state index < -0.39 is 18.1 Å². The molecular formula is C17H26N2O4. The molecule has 23 heavy (non-hydrogen) atoms. The number of anilines is 1. The van der Waals surface area contributed by atoms with Crippen molar-refractivity contribution in [1.82, 2.24) is 5.32 Å². The maximum absolute atomic E-state index is 12.6. The first-order valence-corrected chi connectivity index (χ1v) is 7.54. The highest BCUT2D eigenvalue weighted by Gasteiger charge is 2.24. The first-order valence-electron chi connectivity index (χ1n) is 7.54. The van der Waals surface area contributed by atoms with Crippen LogP contribution in [0.15, 0.2) is 18.2 Å². The maximum atomic E-state index is 12.6. The van der Waals surface area contributed by atoms with Gasteiger partial charge in [0.1, 0.15) is 0 Å². The van der Waals surface area contributed by atoms with E-state index in [1.165, 1.54) is 6.92 Å². The van der Waals surface area contributed by atoms with Crippen molar-refractivity contribution < 1.29 is 19.4 Å². The normalized spacial score (nSPS) is 14.2. The summed E-state index contributed by atoms with van der Waals surface area (Å²) in [4.78, 5) is 24.0. The van der Waals surface area contributed by atoms with Crippen LogP contribution in [0.2, 0.25) is 0 Å². The van der Waals surface area contributed by atoms with E-state index in [0.717, 1.165) is 5.56 Å². The third-order valence-electron chi connectivity index (χ3n) is 3.09. The molecule has 0 aliphatic rings. The summed E-state index contributed by atoms with van der Waals surface area (Å²) < 4.78 is 5.34. The quantitative estimate of drug-likeness (QED) is 0.552. The smallest absolute Gasteiger partial charge is 0.221 e. The Morgan fingerprint density at radius 3 is 2.39 bits per heavy atom. The SMILES string of the molecule is CC(=O)Nc1c(C)cccc1C(=O)C(C)NC(O)OC(C)(C)C. The molecule has 1 rings (SSSR count). The van der Waals surface area contributed by atoms with E-state index in [9.17, 15) is 14.7 Å². The number of amides is 1. The minimum atomic E-state index is -1.26. The minimum absolute atomic E-state index is 0.242. The van der Waals surface area contributed by atoms with E-state index >= 15 is 0 Å². The van der Waals surface area contributed by atoms with Gasteiger partial charge in [0.15, 0.2) is 5.78 Å². The van der Waals surface area contributed by atoms with Crippen LogP contribution in [0.4, 0.5) is 5.69 Å². The number of ketones is 1. The van der Waals surface area contributed by atoms with Crippen molar-refractivity contribution >= 4 is 17.4 Å². The lowest BCUT2D eigenvalue weighted by Gasteiger charge is -2.26. The fourth-order valence-corrected chi connectivity index (χ4v) is 2.11. The lowest BCUT2D eigenvalue weighted by molar-refractivity contribution is -0.183. The number of nitrogens with one attached hydrogen (secondary N) is 2. The number of ether oxygens (including phenoxy) is 1. The second-order valence-electron chi connectivity index (χ2n) is 6.51. The topological polar surface area (TPSA) is 87.7 Å². The van der Waals surface area contributed by atoms with Crippen molar-refractivity contribution in [2.45, 2.75) is 59.6 Å². The number of carbonyl (C=O) groups excluding carboxylic acids is 2. The van der Waals surface area contributed by atoms with E-state index in [-0.39, 0.29) is 11.7 Å². The van der Waals surface area contributed by atoms with Crippen molar-refractivity contribution in [2.75, 3.05) is 5.32 Å². The van der Waals surface area contributed by atoms with Gasteiger partial charge in [-0.05, 0) is 46.2 Å². The molecule has 0 saturated heterocycles. The molecule has 0 spiro atoms. The highest BCUT2D eigenvalue weighted by Crippen LogP contribution is 2.22. The number of Topliss-reactive ketones (excluding diaryl/α,β-unsaturated/α-hetero) is 1. The van der Waals surface area contributed by atoms with Crippen LogP contribution in [0.25, 0.3) is 0 Å². The summed E-state index contributed by atoms with van der Waals surface area (Å²) in [5, 5.41) is 15.3. The van der Waals surface area contributed by atoms with E-state index in [1.807, 2.05) is 13.0 Å². The van der Waals surface area contributed by atoms with Gasteiger partial charge in [-0.25, -0.2) is 0 Å². The number of aliphatic hydroxyl groups is 1. The van der Waals surface area contributed by atoms with E-state index in [4.69, 9.17) is 4.74 Å². The molecule has 0 radical (unpaired) electrons. The third kappa shape index (κ3) is 6.09. The Bertz CT molecular complexity index is 578.